The van der Waals surface area contributed by atoms with Crippen LogP contribution in [-0.4, -0.2) is 47.3 Å². The Labute approximate surface area is 207 Å². The van der Waals surface area contributed by atoms with Gasteiger partial charge in [-0.1, -0.05) is 67.9 Å². The molecule has 0 fully saturated rings. The molecule has 2 N–H and O–H groups in total. The van der Waals surface area contributed by atoms with E-state index < -0.39 is 12.1 Å². The van der Waals surface area contributed by atoms with Gasteiger partial charge in [-0.2, -0.15) is 0 Å². The molecule has 2 aliphatic heterocycles. The van der Waals surface area contributed by atoms with E-state index in [0.29, 0.717) is 24.4 Å². The summed E-state index contributed by atoms with van der Waals surface area (Å²) in [6.45, 7) is 11.1. The number of carbonyl (C=O) groups is 3. The molecule has 4 rings (SSSR count). The maximum atomic E-state index is 14.0. The molecule has 4 amide bonds. The number of aryl methyl sites for hydroxylation is 2. The van der Waals surface area contributed by atoms with E-state index in [1.165, 1.54) is 0 Å². The Kier molecular flexibility index (Phi) is 6.96. The van der Waals surface area contributed by atoms with Gasteiger partial charge in [0, 0.05) is 13.1 Å². The maximum Gasteiger partial charge on any atom is 0.322 e. The van der Waals surface area contributed by atoms with Crippen LogP contribution in [0.25, 0.3) is 0 Å². The first kappa shape index (κ1) is 24.5. The Morgan fingerprint density at radius 3 is 2.46 bits per heavy atom. The van der Waals surface area contributed by atoms with E-state index in [-0.39, 0.29) is 30.3 Å². The monoisotopic (exact) mass is 474 g/mol. The molecule has 0 radical (unpaired) electrons. The number of benzene rings is 2. The number of nitrogens with one attached hydrogen (secondary N) is 2. The molecule has 7 heteroatoms. The molecular formula is C28H34N4O3. The molecular weight excluding hydrogens is 440 g/mol. The molecule has 0 spiro atoms. The first-order valence-electron chi connectivity index (χ1n) is 12.2. The number of nitrogens with zero attached hydrogens (tertiary/aromatic N) is 2. The van der Waals surface area contributed by atoms with Gasteiger partial charge in [-0.3, -0.25) is 14.5 Å². The molecule has 0 saturated heterocycles. The summed E-state index contributed by atoms with van der Waals surface area (Å²) >= 11 is 0. The van der Waals surface area contributed by atoms with Crippen molar-refractivity contribution in [1.29, 1.82) is 0 Å². The van der Waals surface area contributed by atoms with Crippen molar-refractivity contribution in [2.24, 2.45) is 5.92 Å². The smallest absolute Gasteiger partial charge is 0.322 e. The van der Waals surface area contributed by atoms with Crippen LogP contribution in [0.1, 0.15) is 55.1 Å². The van der Waals surface area contributed by atoms with Gasteiger partial charge in [-0.25, -0.2) is 4.79 Å². The SMILES string of the molecule is CCN1C(=O)NC(c2ccc(C)cc2C)C2=C1CN(C(C(=O)NCC(C)C)c1ccccc1)C2=O. The molecule has 2 aromatic rings. The van der Waals surface area contributed by atoms with Gasteiger partial charge >= 0.3 is 6.03 Å². The van der Waals surface area contributed by atoms with Crippen LogP contribution in [0.2, 0.25) is 0 Å². The minimum absolute atomic E-state index is 0.200. The first-order chi connectivity index (χ1) is 16.7. The first-order valence-corrected chi connectivity index (χ1v) is 12.2. The van der Waals surface area contributed by atoms with Crippen LogP contribution >= 0.6 is 0 Å². The van der Waals surface area contributed by atoms with E-state index in [4.69, 9.17) is 0 Å². The maximum absolute atomic E-state index is 14.0. The lowest BCUT2D eigenvalue weighted by Gasteiger charge is -2.33. The second kappa shape index (κ2) is 9.94. The lowest BCUT2D eigenvalue weighted by molar-refractivity contribution is -0.136. The summed E-state index contributed by atoms with van der Waals surface area (Å²) in [6, 6.07) is 13.8. The third-order valence-corrected chi connectivity index (χ3v) is 6.66. The molecule has 7 nitrogen and oxygen atoms in total. The van der Waals surface area contributed by atoms with Crippen molar-refractivity contribution in [2.75, 3.05) is 19.6 Å². The summed E-state index contributed by atoms with van der Waals surface area (Å²) < 4.78 is 0. The molecule has 0 saturated carbocycles. The number of urea groups is 1. The second-order valence-corrected chi connectivity index (χ2v) is 9.73. The number of hydrogen-bond acceptors (Lipinski definition) is 3. The summed E-state index contributed by atoms with van der Waals surface area (Å²) in [7, 11) is 0. The standard InChI is InChI=1S/C28H34N4O3/c1-6-31-22-16-32(25(20-10-8-7-9-11-20)26(33)29-15-17(2)3)27(34)23(22)24(30-28(31)35)21-13-12-18(4)14-19(21)5/h7-14,17,24-25H,6,15-16H2,1-5H3,(H,29,33)(H,30,35). The van der Waals surface area contributed by atoms with Crippen LogP contribution in [0.3, 0.4) is 0 Å². The quantitative estimate of drug-likeness (QED) is 0.637. The van der Waals surface area contributed by atoms with E-state index in [1.807, 2.05) is 77.1 Å². The van der Waals surface area contributed by atoms with E-state index in [0.717, 1.165) is 22.3 Å². The van der Waals surface area contributed by atoms with Crippen molar-refractivity contribution >= 4 is 17.8 Å². The fourth-order valence-corrected chi connectivity index (χ4v) is 4.95. The topological polar surface area (TPSA) is 81.8 Å². The average molecular weight is 475 g/mol. The van der Waals surface area contributed by atoms with Gasteiger partial charge in [0.15, 0.2) is 0 Å². The summed E-state index contributed by atoms with van der Waals surface area (Å²) in [5.41, 5.74) is 4.96. The van der Waals surface area contributed by atoms with Crippen LogP contribution in [0.15, 0.2) is 59.8 Å². The van der Waals surface area contributed by atoms with Crippen molar-refractivity contribution in [3.05, 3.63) is 82.1 Å². The van der Waals surface area contributed by atoms with E-state index in [9.17, 15) is 14.4 Å². The molecule has 2 unspecified atom stereocenters. The number of rotatable bonds is 7. The van der Waals surface area contributed by atoms with Gasteiger partial charge in [-0.15, -0.1) is 0 Å². The van der Waals surface area contributed by atoms with E-state index in [1.54, 1.807) is 9.80 Å². The summed E-state index contributed by atoms with van der Waals surface area (Å²) in [5, 5.41) is 6.05. The third-order valence-electron chi connectivity index (χ3n) is 6.66. The van der Waals surface area contributed by atoms with Gasteiger partial charge < -0.3 is 15.5 Å². The zero-order chi connectivity index (χ0) is 25.3. The number of likely N-dealkylation sites (N-methyl/N-ethyl adjacent to an activating group) is 1. The summed E-state index contributed by atoms with van der Waals surface area (Å²) in [4.78, 5) is 43.7. The Balaban J connectivity index is 1.77. The highest BCUT2D eigenvalue weighted by molar-refractivity contribution is 6.04. The predicted molar refractivity (Wildman–Crippen MR) is 135 cm³/mol. The van der Waals surface area contributed by atoms with Gasteiger partial charge in [-0.05, 0) is 43.4 Å². The Morgan fingerprint density at radius 1 is 1.11 bits per heavy atom. The number of amides is 4. The minimum Gasteiger partial charge on any atom is -0.354 e. The molecule has 2 aliphatic rings. The number of carbonyl (C=O) groups excluding carboxylic acids is 3. The van der Waals surface area contributed by atoms with Crippen LogP contribution in [0, 0.1) is 19.8 Å². The lowest BCUT2D eigenvalue weighted by atomic mass is 9.91. The summed E-state index contributed by atoms with van der Waals surface area (Å²) in [6.07, 6.45) is 0. The van der Waals surface area contributed by atoms with Crippen LogP contribution < -0.4 is 10.6 Å². The minimum atomic E-state index is -0.790. The highest BCUT2D eigenvalue weighted by Crippen LogP contribution is 2.40. The molecule has 184 valence electrons. The van der Waals surface area contributed by atoms with E-state index in [2.05, 4.69) is 16.7 Å². The summed E-state index contributed by atoms with van der Waals surface area (Å²) in [5.74, 6) is -0.164. The number of hydrogen-bond donors (Lipinski definition) is 2. The van der Waals surface area contributed by atoms with Crippen molar-refractivity contribution in [2.45, 2.75) is 46.7 Å². The normalized spacial score (nSPS) is 18.6. The van der Waals surface area contributed by atoms with Crippen LogP contribution in [0.5, 0.6) is 0 Å². The van der Waals surface area contributed by atoms with Gasteiger partial charge in [0.25, 0.3) is 5.91 Å². The molecule has 0 aliphatic carbocycles. The lowest BCUT2D eigenvalue weighted by Crippen LogP contribution is -2.47. The molecule has 2 atom stereocenters. The Bertz CT molecular complexity index is 1170. The van der Waals surface area contributed by atoms with Crippen LogP contribution in [-0.2, 0) is 9.59 Å². The zero-order valence-corrected chi connectivity index (χ0v) is 21.1. The van der Waals surface area contributed by atoms with Gasteiger partial charge in [0.1, 0.15) is 6.04 Å². The van der Waals surface area contributed by atoms with Crippen LogP contribution in [0.4, 0.5) is 4.79 Å². The van der Waals surface area contributed by atoms with Crippen molar-refractivity contribution in [3.8, 4) is 0 Å². The fraction of sp³-hybridized carbons (Fsp3) is 0.393. The van der Waals surface area contributed by atoms with Crippen molar-refractivity contribution < 1.29 is 14.4 Å². The van der Waals surface area contributed by atoms with Crippen molar-refractivity contribution in [3.63, 3.8) is 0 Å². The molecule has 2 aromatic carbocycles. The zero-order valence-electron chi connectivity index (χ0n) is 21.1. The Morgan fingerprint density at radius 2 is 1.83 bits per heavy atom. The van der Waals surface area contributed by atoms with Gasteiger partial charge in [0.05, 0.1) is 23.9 Å². The highest BCUT2D eigenvalue weighted by Gasteiger charge is 2.47. The Hall–Kier alpha value is -3.61. The fourth-order valence-electron chi connectivity index (χ4n) is 4.95. The van der Waals surface area contributed by atoms with Crippen molar-refractivity contribution in [1.82, 2.24) is 20.4 Å². The predicted octanol–water partition coefficient (Wildman–Crippen LogP) is 4.00. The molecule has 0 bridgehead atoms. The third kappa shape index (κ3) is 4.67. The average Bonchev–Trinajstić information content (AvgIpc) is 3.15. The molecule has 35 heavy (non-hydrogen) atoms. The molecule has 0 aromatic heterocycles. The van der Waals surface area contributed by atoms with Gasteiger partial charge in [0.2, 0.25) is 5.91 Å². The highest BCUT2D eigenvalue weighted by atomic mass is 16.2. The second-order valence-electron chi connectivity index (χ2n) is 9.73. The largest absolute Gasteiger partial charge is 0.354 e. The van der Waals surface area contributed by atoms with E-state index >= 15 is 0 Å². The molecule has 2 heterocycles.